The van der Waals surface area contributed by atoms with Crippen LogP contribution < -0.4 is 15.2 Å². The summed E-state index contributed by atoms with van der Waals surface area (Å²) < 4.78 is 12.0. The van der Waals surface area contributed by atoms with Gasteiger partial charge in [0.2, 0.25) is 11.8 Å². The highest BCUT2D eigenvalue weighted by Gasteiger charge is 2.34. The average molecular weight is 482 g/mol. The van der Waals surface area contributed by atoms with Gasteiger partial charge in [0.15, 0.2) is 0 Å². The SMILES string of the molecule is Cc1[nH]nc2c1[C@@H](c1ccc(OCc3ccc([N+](=O)[O-])cc3)c(Br)c1)C(C#N)=C(N)O2. The summed E-state index contributed by atoms with van der Waals surface area (Å²) in [6, 6.07) is 13.8. The van der Waals surface area contributed by atoms with Gasteiger partial charge in [-0.05, 0) is 58.2 Å². The number of aryl methyl sites for hydroxylation is 1. The molecule has 3 N–H and O–H groups in total. The zero-order valence-electron chi connectivity index (χ0n) is 16.3. The first kappa shape index (κ1) is 20.4. The summed E-state index contributed by atoms with van der Waals surface area (Å²) in [5.41, 5.74) is 9.46. The van der Waals surface area contributed by atoms with Gasteiger partial charge in [-0.3, -0.25) is 15.2 Å². The number of aromatic nitrogens is 2. The molecule has 0 unspecified atom stereocenters. The van der Waals surface area contributed by atoms with Gasteiger partial charge in [-0.15, -0.1) is 5.10 Å². The van der Waals surface area contributed by atoms with Crippen molar-refractivity contribution in [2.75, 3.05) is 0 Å². The Labute approximate surface area is 185 Å². The molecule has 0 amide bonds. The molecule has 1 aliphatic heterocycles. The average Bonchev–Trinajstić information content (AvgIpc) is 3.12. The van der Waals surface area contributed by atoms with Crippen LogP contribution in [0, 0.1) is 28.4 Å². The van der Waals surface area contributed by atoms with Crippen LogP contribution in [0.3, 0.4) is 0 Å². The molecule has 2 heterocycles. The van der Waals surface area contributed by atoms with E-state index in [4.69, 9.17) is 15.2 Å². The lowest BCUT2D eigenvalue weighted by molar-refractivity contribution is -0.384. The van der Waals surface area contributed by atoms with Crippen molar-refractivity contribution in [3.8, 4) is 17.7 Å². The van der Waals surface area contributed by atoms with E-state index in [1.807, 2.05) is 19.1 Å². The van der Waals surface area contributed by atoms with Crippen molar-refractivity contribution in [1.29, 1.82) is 5.26 Å². The summed E-state index contributed by atoms with van der Waals surface area (Å²) in [5, 5.41) is 27.4. The molecule has 0 radical (unpaired) electrons. The smallest absolute Gasteiger partial charge is 0.269 e. The van der Waals surface area contributed by atoms with Gasteiger partial charge < -0.3 is 15.2 Å². The number of hydrogen-bond donors (Lipinski definition) is 2. The lowest BCUT2D eigenvalue weighted by Gasteiger charge is -2.24. The van der Waals surface area contributed by atoms with Crippen LogP contribution in [0.25, 0.3) is 0 Å². The Balaban J connectivity index is 1.59. The lowest BCUT2D eigenvalue weighted by Crippen LogP contribution is -2.21. The molecule has 0 bridgehead atoms. The largest absolute Gasteiger partial charge is 0.488 e. The zero-order valence-corrected chi connectivity index (χ0v) is 17.8. The predicted octanol–water partition coefficient (Wildman–Crippen LogP) is 4.19. The minimum absolute atomic E-state index is 0.0280. The maximum atomic E-state index is 10.8. The third-order valence-corrected chi connectivity index (χ3v) is 5.58. The van der Waals surface area contributed by atoms with E-state index in [0.29, 0.717) is 21.7 Å². The number of rotatable bonds is 5. The minimum atomic E-state index is -0.444. The van der Waals surface area contributed by atoms with Crippen LogP contribution in [0.5, 0.6) is 11.6 Å². The molecule has 1 atom stereocenters. The molecule has 3 aromatic rings. The molecule has 0 saturated carbocycles. The molecule has 0 fully saturated rings. The summed E-state index contributed by atoms with van der Waals surface area (Å²) in [6.45, 7) is 2.10. The number of hydrogen-bond acceptors (Lipinski definition) is 7. The maximum absolute atomic E-state index is 10.8. The van der Waals surface area contributed by atoms with Gasteiger partial charge in [0.25, 0.3) is 5.69 Å². The molecule has 9 nitrogen and oxygen atoms in total. The Kier molecular flexibility index (Phi) is 5.35. The van der Waals surface area contributed by atoms with E-state index >= 15 is 0 Å². The molecule has 0 saturated heterocycles. The van der Waals surface area contributed by atoms with Crippen LogP contribution in [-0.2, 0) is 6.61 Å². The molecule has 1 aromatic heterocycles. The highest BCUT2D eigenvalue weighted by atomic mass is 79.9. The molecule has 156 valence electrons. The van der Waals surface area contributed by atoms with E-state index in [1.165, 1.54) is 12.1 Å². The molecule has 2 aromatic carbocycles. The van der Waals surface area contributed by atoms with Crippen molar-refractivity contribution in [1.82, 2.24) is 10.2 Å². The summed E-state index contributed by atoms with van der Waals surface area (Å²) >= 11 is 3.52. The number of ether oxygens (including phenoxy) is 2. The predicted molar refractivity (Wildman–Crippen MR) is 114 cm³/mol. The summed E-state index contributed by atoms with van der Waals surface area (Å²) in [5.74, 6) is 0.552. The van der Waals surface area contributed by atoms with Crippen molar-refractivity contribution in [3.63, 3.8) is 0 Å². The number of nitro groups is 1. The second-order valence-electron chi connectivity index (χ2n) is 6.89. The third-order valence-electron chi connectivity index (χ3n) is 4.96. The number of aromatic amines is 1. The van der Waals surface area contributed by atoms with Crippen molar-refractivity contribution in [2.24, 2.45) is 5.73 Å². The van der Waals surface area contributed by atoms with Gasteiger partial charge in [0.1, 0.15) is 24.0 Å². The van der Waals surface area contributed by atoms with E-state index in [-0.39, 0.29) is 18.2 Å². The molecular weight excluding hydrogens is 466 g/mol. The Hall–Kier alpha value is -3.84. The third kappa shape index (κ3) is 3.83. The molecule has 31 heavy (non-hydrogen) atoms. The fourth-order valence-electron chi connectivity index (χ4n) is 3.42. The number of H-pyrrole nitrogens is 1. The molecule has 0 aliphatic carbocycles. The number of fused-ring (bicyclic) bond motifs is 1. The minimum Gasteiger partial charge on any atom is -0.488 e. The van der Waals surface area contributed by atoms with E-state index in [1.54, 1.807) is 18.2 Å². The van der Waals surface area contributed by atoms with Crippen LogP contribution in [-0.4, -0.2) is 15.1 Å². The Morgan fingerprint density at radius 2 is 2.10 bits per heavy atom. The Bertz CT molecular complexity index is 1240. The molecule has 1 aliphatic rings. The van der Waals surface area contributed by atoms with Crippen LogP contribution in [0.15, 0.2) is 58.4 Å². The van der Waals surface area contributed by atoms with E-state index in [0.717, 1.165) is 22.4 Å². The van der Waals surface area contributed by atoms with Crippen LogP contribution >= 0.6 is 15.9 Å². The van der Waals surface area contributed by atoms with E-state index < -0.39 is 10.8 Å². The van der Waals surface area contributed by atoms with Crippen molar-refractivity contribution < 1.29 is 14.4 Å². The second kappa shape index (κ2) is 8.12. The number of benzene rings is 2. The van der Waals surface area contributed by atoms with Gasteiger partial charge in [-0.1, -0.05) is 6.07 Å². The number of nitrogens with zero attached hydrogens (tertiary/aromatic N) is 3. The van der Waals surface area contributed by atoms with Gasteiger partial charge in [-0.2, -0.15) is 5.26 Å². The normalized spacial score (nSPS) is 15.1. The molecule has 10 heteroatoms. The molecule has 0 spiro atoms. The first-order valence-electron chi connectivity index (χ1n) is 9.17. The highest BCUT2D eigenvalue weighted by molar-refractivity contribution is 9.10. The number of nitriles is 1. The number of nitro benzene ring substituents is 1. The fourth-order valence-corrected chi connectivity index (χ4v) is 3.93. The second-order valence-corrected chi connectivity index (χ2v) is 7.75. The Morgan fingerprint density at radius 1 is 1.35 bits per heavy atom. The van der Waals surface area contributed by atoms with Gasteiger partial charge in [0, 0.05) is 23.4 Å². The topological polar surface area (TPSA) is 140 Å². The monoisotopic (exact) mass is 481 g/mol. The standard InChI is InChI=1S/C21H16BrN5O4/c1-11-18-19(15(9-23)20(24)31-21(18)26-25-11)13-4-7-17(16(22)8-13)30-10-12-2-5-14(6-3-12)27(28)29/h2-8,19H,10,24H2,1H3,(H,25,26)/t19-/m0/s1. The van der Waals surface area contributed by atoms with Crippen LogP contribution in [0.1, 0.15) is 28.3 Å². The number of nitrogens with two attached hydrogens (primary N) is 1. The first-order valence-corrected chi connectivity index (χ1v) is 9.96. The van der Waals surface area contributed by atoms with Gasteiger partial charge in [0.05, 0.1) is 15.3 Å². The molecule has 4 rings (SSSR count). The van der Waals surface area contributed by atoms with E-state index in [9.17, 15) is 15.4 Å². The summed E-state index contributed by atoms with van der Waals surface area (Å²) in [6.07, 6.45) is 0. The lowest BCUT2D eigenvalue weighted by atomic mass is 9.84. The quantitative estimate of drug-likeness (QED) is 0.411. The van der Waals surface area contributed by atoms with Crippen LogP contribution in [0.2, 0.25) is 0 Å². The number of halogens is 1. The van der Waals surface area contributed by atoms with E-state index in [2.05, 4.69) is 32.2 Å². The summed E-state index contributed by atoms with van der Waals surface area (Å²) in [7, 11) is 0. The zero-order chi connectivity index (χ0) is 22.1. The number of non-ortho nitro benzene ring substituents is 1. The first-order chi connectivity index (χ1) is 14.9. The van der Waals surface area contributed by atoms with Crippen molar-refractivity contribution >= 4 is 21.6 Å². The Morgan fingerprint density at radius 3 is 2.74 bits per heavy atom. The van der Waals surface area contributed by atoms with Crippen molar-refractivity contribution in [2.45, 2.75) is 19.4 Å². The van der Waals surface area contributed by atoms with Crippen LogP contribution in [0.4, 0.5) is 5.69 Å². The van der Waals surface area contributed by atoms with Gasteiger partial charge in [-0.25, -0.2) is 0 Å². The fraction of sp³-hybridized carbons (Fsp3) is 0.143. The molecular formula is C21H16BrN5O4. The summed E-state index contributed by atoms with van der Waals surface area (Å²) in [4.78, 5) is 10.3. The van der Waals surface area contributed by atoms with Gasteiger partial charge >= 0.3 is 0 Å². The highest BCUT2D eigenvalue weighted by Crippen LogP contribution is 2.44. The maximum Gasteiger partial charge on any atom is 0.269 e. The number of allylic oxidation sites excluding steroid dienone is 1. The van der Waals surface area contributed by atoms with Crippen molar-refractivity contribution in [3.05, 3.63) is 90.9 Å². The number of nitrogens with one attached hydrogen (secondary N) is 1.